The molecule has 0 atom stereocenters. The molecule has 1 aliphatic rings. The Hall–Kier alpha value is -0.730. The fraction of sp³-hybridized carbons (Fsp3) is 0.0833. The highest BCUT2D eigenvalue weighted by molar-refractivity contribution is 6.55. The maximum atomic E-state index is 14.5. The van der Waals surface area contributed by atoms with E-state index in [-0.39, 0.29) is 0 Å². The van der Waals surface area contributed by atoms with E-state index in [0.29, 0.717) is 0 Å². The minimum atomic E-state index is -4.49. The lowest BCUT2D eigenvalue weighted by molar-refractivity contribution is -0.118. The van der Waals surface area contributed by atoms with Crippen LogP contribution in [-0.2, 0) is 4.79 Å². The van der Waals surface area contributed by atoms with Gasteiger partial charge in [-0.2, -0.15) is 13.2 Å². The standard InChI is InChI=1S/C12Cl5F5O2/c13-1-2(14)4(16)9(5(17)3(1)15)24-12(22)10(20)6(18)8(23)7(19)11(12)21. The van der Waals surface area contributed by atoms with Crippen molar-refractivity contribution >= 4 is 63.8 Å². The molecular formula is C12Cl5F5O2. The summed E-state index contributed by atoms with van der Waals surface area (Å²) in [6.07, 6.45) is 0. The van der Waals surface area contributed by atoms with Gasteiger partial charge in [0, 0.05) is 0 Å². The summed E-state index contributed by atoms with van der Waals surface area (Å²) >= 11 is 28.3. The Balaban J connectivity index is 2.69. The van der Waals surface area contributed by atoms with E-state index in [0.717, 1.165) is 0 Å². The Labute approximate surface area is 155 Å². The van der Waals surface area contributed by atoms with Crippen LogP contribution in [0.15, 0.2) is 23.3 Å². The lowest BCUT2D eigenvalue weighted by atomic mass is 10.1. The van der Waals surface area contributed by atoms with Gasteiger partial charge in [-0.25, -0.2) is 8.78 Å². The van der Waals surface area contributed by atoms with Crippen molar-refractivity contribution < 1.29 is 31.5 Å². The van der Waals surface area contributed by atoms with E-state index < -0.39 is 65.8 Å². The van der Waals surface area contributed by atoms with Gasteiger partial charge in [-0.1, -0.05) is 58.0 Å². The van der Waals surface area contributed by atoms with E-state index in [1.807, 2.05) is 0 Å². The van der Waals surface area contributed by atoms with Gasteiger partial charge < -0.3 is 4.74 Å². The summed E-state index contributed by atoms with van der Waals surface area (Å²) in [4.78, 5) is 10.9. The predicted octanol–water partition coefficient (Wildman–Crippen LogP) is 6.88. The number of ketones is 1. The highest BCUT2D eigenvalue weighted by Gasteiger charge is 2.55. The molecule has 0 bridgehead atoms. The molecule has 24 heavy (non-hydrogen) atoms. The van der Waals surface area contributed by atoms with Crippen LogP contribution in [0.3, 0.4) is 0 Å². The first-order valence-corrected chi connectivity index (χ1v) is 7.39. The molecule has 1 aliphatic carbocycles. The molecule has 0 saturated carbocycles. The molecule has 1 aromatic rings. The lowest BCUT2D eigenvalue weighted by Gasteiger charge is -2.27. The van der Waals surface area contributed by atoms with Crippen LogP contribution in [0, 0.1) is 0 Å². The number of alkyl halides is 1. The Morgan fingerprint density at radius 2 is 1.04 bits per heavy atom. The van der Waals surface area contributed by atoms with E-state index in [9.17, 15) is 26.7 Å². The highest BCUT2D eigenvalue weighted by atomic mass is 35.5. The molecule has 0 fully saturated rings. The third-order valence-corrected chi connectivity index (χ3v) is 5.00. The van der Waals surface area contributed by atoms with Crippen molar-refractivity contribution in [2.75, 3.05) is 0 Å². The molecule has 0 amide bonds. The first-order chi connectivity index (χ1) is 10.9. The van der Waals surface area contributed by atoms with Crippen LogP contribution < -0.4 is 4.74 Å². The summed E-state index contributed by atoms with van der Waals surface area (Å²) in [6.45, 7) is 0. The summed E-state index contributed by atoms with van der Waals surface area (Å²) in [5, 5.41) is -2.95. The zero-order chi connectivity index (χ0) is 18.6. The first kappa shape index (κ1) is 19.6. The monoisotopic (exact) mass is 446 g/mol. The molecule has 0 aromatic heterocycles. The number of halogens is 10. The minimum absolute atomic E-state index is 0.392. The topological polar surface area (TPSA) is 26.3 Å². The quantitative estimate of drug-likeness (QED) is 0.280. The van der Waals surface area contributed by atoms with Crippen LogP contribution >= 0.6 is 58.0 Å². The number of carbonyl (C=O) groups excluding carboxylic acids is 1. The number of allylic oxidation sites excluding steroid dienone is 2. The van der Waals surface area contributed by atoms with Crippen molar-refractivity contribution in [3.63, 3.8) is 0 Å². The molecule has 12 heteroatoms. The molecule has 0 saturated heterocycles. The number of ether oxygens (including phenoxy) is 1. The average molecular weight is 448 g/mol. The van der Waals surface area contributed by atoms with Crippen molar-refractivity contribution in [1.82, 2.24) is 0 Å². The number of Topliss-reactive ketones (excluding diaryl/α,β-unsaturated/α-hetero) is 1. The molecule has 2 rings (SSSR count). The number of hydrogen-bond acceptors (Lipinski definition) is 2. The molecule has 0 radical (unpaired) electrons. The van der Waals surface area contributed by atoms with Gasteiger partial charge in [0.25, 0.3) is 5.78 Å². The maximum absolute atomic E-state index is 14.5. The van der Waals surface area contributed by atoms with E-state index in [1.54, 1.807) is 0 Å². The molecule has 0 aliphatic heterocycles. The van der Waals surface area contributed by atoms with E-state index >= 15 is 0 Å². The summed E-state index contributed by atoms with van der Waals surface area (Å²) in [5.41, 5.74) is 0. The van der Waals surface area contributed by atoms with Crippen LogP contribution in [0.4, 0.5) is 22.0 Å². The second-order valence-corrected chi connectivity index (χ2v) is 6.07. The van der Waals surface area contributed by atoms with Crippen LogP contribution in [-0.4, -0.2) is 11.6 Å². The molecule has 0 heterocycles. The van der Waals surface area contributed by atoms with E-state index in [2.05, 4.69) is 4.74 Å². The molecule has 2 nitrogen and oxygen atoms in total. The summed E-state index contributed by atoms with van der Waals surface area (Å²) in [5.74, 6) is -18.3. The molecule has 0 spiro atoms. The van der Waals surface area contributed by atoms with E-state index in [1.165, 1.54) is 0 Å². The van der Waals surface area contributed by atoms with Gasteiger partial charge in [-0.15, -0.1) is 0 Å². The van der Waals surface area contributed by atoms with Crippen molar-refractivity contribution in [1.29, 1.82) is 0 Å². The zero-order valence-corrected chi connectivity index (χ0v) is 14.4. The van der Waals surface area contributed by atoms with Crippen LogP contribution in [0.25, 0.3) is 0 Å². The average Bonchev–Trinajstić information content (AvgIpc) is 2.57. The van der Waals surface area contributed by atoms with Gasteiger partial charge in [0.15, 0.2) is 5.75 Å². The summed E-state index contributed by atoms with van der Waals surface area (Å²) in [7, 11) is 0. The normalized spacial score (nSPS) is 17.7. The Bertz CT molecular complexity index is 779. The van der Waals surface area contributed by atoms with Gasteiger partial charge in [0.05, 0.1) is 15.1 Å². The number of carbonyl (C=O) groups is 1. The molecule has 0 N–H and O–H groups in total. The summed E-state index contributed by atoms with van der Waals surface area (Å²) in [6, 6.07) is 0. The van der Waals surface area contributed by atoms with Crippen molar-refractivity contribution in [2.24, 2.45) is 0 Å². The number of rotatable bonds is 2. The third kappa shape index (κ3) is 2.76. The largest absolute Gasteiger partial charge is 0.443 e. The van der Waals surface area contributed by atoms with Gasteiger partial charge in [0.1, 0.15) is 10.0 Å². The van der Waals surface area contributed by atoms with Crippen LogP contribution in [0.1, 0.15) is 0 Å². The van der Waals surface area contributed by atoms with Gasteiger partial charge in [-0.05, 0) is 0 Å². The molecule has 1 aromatic carbocycles. The fourth-order valence-electron chi connectivity index (χ4n) is 1.58. The molecule has 0 unspecified atom stereocenters. The fourth-order valence-corrected chi connectivity index (χ4v) is 2.78. The third-order valence-electron chi connectivity index (χ3n) is 2.76. The predicted molar refractivity (Wildman–Crippen MR) is 79.5 cm³/mol. The van der Waals surface area contributed by atoms with Gasteiger partial charge in [-0.3, -0.25) is 4.79 Å². The second-order valence-electron chi connectivity index (χ2n) is 4.18. The summed E-state index contributed by atoms with van der Waals surface area (Å²) < 4.78 is 72.7. The highest BCUT2D eigenvalue weighted by Crippen LogP contribution is 2.52. The zero-order valence-electron chi connectivity index (χ0n) is 10.6. The van der Waals surface area contributed by atoms with E-state index in [4.69, 9.17) is 58.0 Å². The lowest BCUT2D eigenvalue weighted by Crippen LogP contribution is -2.38. The number of benzene rings is 1. The van der Waals surface area contributed by atoms with Gasteiger partial charge in [0.2, 0.25) is 23.3 Å². The van der Waals surface area contributed by atoms with Crippen molar-refractivity contribution in [3.8, 4) is 5.75 Å². The Morgan fingerprint density at radius 1 is 0.708 bits per heavy atom. The Morgan fingerprint density at radius 3 is 1.42 bits per heavy atom. The van der Waals surface area contributed by atoms with Crippen LogP contribution in [0.2, 0.25) is 25.1 Å². The molecule has 130 valence electrons. The van der Waals surface area contributed by atoms with Gasteiger partial charge >= 0.3 is 5.85 Å². The Kier molecular flexibility index (Phi) is 5.33. The SMILES string of the molecule is O=C1C(F)=C(F)C(F)(Oc2c(Cl)c(Cl)c(Cl)c(Cl)c2Cl)C(F)=C1F. The second kappa shape index (κ2) is 6.53. The molecular weight excluding hydrogens is 448 g/mol. The smallest absolute Gasteiger partial charge is 0.359 e. The maximum Gasteiger partial charge on any atom is 0.359 e. The number of hydrogen-bond donors (Lipinski definition) is 0. The van der Waals surface area contributed by atoms with Crippen molar-refractivity contribution in [2.45, 2.75) is 5.85 Å². The first-order valence-electron chi connectivity index (χ1n) is 5.50. The van der Waals surface area contributed by atoms with Crippen molar-refractivity contribution in [3.05, 3.63) is 48.4 Å². The van der Waals surface area contributed by atoms with Crippen LogP contribution in [0.5, 0.6) is 5.75 Å². The minimum Gasteiger partial charge on any atom is -0.443 e.